The van der Waals surface area contributed by atoms with Crippen LogP contribution in [0.15, 0.2) is 9.31 Å². The van der Waals surface area contributed by atoms with E-state index in [0.717, 1.165) is 18.5 Å². The third-order valence-corrected chi connectivity index (χ3v) is 5.87. The molecule has 21 heavy (non-hydrogen) atoms. The lowest BCUT2D eigenvalue weighted by molar-refractivity contribution is 0.492. The van der Waals surface area contributed by atoms with Gasteiger partial charge in [0.15, 0.2) is 0 Å². The first-order chi connectivity index (χ1) is 9.83. The second-order valence-corrected chi connectivity index (χ2v) is 8.08. The van der Waals surface area contributed by atoms with Gasteiger partial charge in [-0.3, -0.25) is 0 Å². The first-order valence-electron chi connectivity index (χ1n) is 7.15. The zero-order valence-electron chi connectivity index (χ0n) is 13.4. The molecule has 122 valence electrons. The highest BCUT2D eigenvalue weighted by molar-refractivity contribution is 7.99. The fraction of sp³-hybridized carbons (Fsp3) is 0.714. The van der Waals surface area contributed by atoms with E-state index in [1.807, 2.05) is 13.2 Å². The van der Waals surface area contributed by atoms with Gasteiger partial charge >= 0.3 is 0 Å². The van der Waals surface area contributed by atoms with Crippen molar-refractivity contribution in [3.63, 3.8) is 0 Å². The molecule has 0 saturated carbocycles. The smallest absolute Gasteiger partial charge is 0.244 e. The minimum absolute atomic E-state index is 0.231. The number of rotatable bonds is 9. The highest BCUT2D eigenvalue weighted by Crippen LogP contribution is 2.26. The molecule has 2 N–H and O–H groups in total. The normalized spacial score (nSPS) is 13.6. The van der Waals surface area contributed by atoms with Gasteiger partial charge in [-0.1, -0.05) is 13.8 Å². The van der Waals surface area contributed by atoms with Crippen molar-refractivity contribution in [3.05, 3.63) is 17.1 Å². The van der Waals surface area contributed by atoms with Gasteiger partial charge < -0.3 is 9.73 Å². The Hall–Kier alpha value is -0.500. The SMILES string of the molecule is CCCNCc1c(C)oc(C)c1S(=O)(=O)NCC(C)SC. The first kappa shape index (κ1) is 18.5. The minimum atomic E-state index is -3.54. The van der Waals surface area contributed by atoms with E-state index in [9.17, 15) is 8.42 Å². The molecule has 7 heteroatoms. The summed E-state index contributed by atoms with van der Waals surface area (Å²) < 4.78 is 33.3. The lowest BCUT2D eigenvalue weighted by Gasteiger charge is -2.12. The second-order valence-electron chi connectivity index (χ2n) is 5.10. The van der Waals surface area contributed by atoms with E-state index in [0.29, 0.717) is 24.6 Å². The second kappa shape index (κ2) is 8.22. The average Bonchev–Trinajstić information content (AvgIpc) is 2.71. The van der Waals surface area contributed by atoms with Crippen LogP contribution in [0.2, 0.25) is 0 Å². The molecule has 5 nitrogen and oxygen atoms in total. The van der Waals surface area contributed by atoms with Crippen molar-refractivity contribution in [3.8, 4) is 0 Å². The molecule has 0 aliphatic carbocycles. The summed E-state index contributed by atoms with van der Waals surface area (Å²) in [7, 11) is -3.54. The molecular formula is C14H26N2O3S2. The standard InChI is InChI=1S/C14H26N2O3S2/c1-6-7-15-9-13-11(3)19-12(4)14(13)21(17,18)16-8-10(2)20-5/h10,15-16H,6-9H2,1-5H3. The van der Waals surface area contributed by atoms with Crippen molar-refractivity contribution < 1.29 is 12.8 Å². The van der Waals surface area contributed by atoms with Gasteiger partial charge in [0.05, 0.1) is 0 Å². The Balaban J connectivity index is 2.99. The Morgan fingerprint density at radius 3 is 2.52 bits per heavy atom. The van der Waals surface area contributed by atoms with Crippen molar-refractivity contribution in [2.45, 2.75) is 50.8 Å². The fourth-order valence-corrected chi connectivity index (χ4v) is 3.97. The summed E-state index contributed by atoms with van der Waals surface area (Å²) in [5.41, 5.74) is 0.727. The molecule has 1 unspecified atom stereocenters. The molecule has 1 atom stereocenters. The van der Waals surface area contributed by atoms with Crippen molar-refractivity contribution in [1.29, 1.82) is 0 Å². The lowest BCUT2D eigenvalue weighted by atomic mass is 10.2. The Morgan fingerprint density at radius 2 is 1.95 bits per heavy atom. The van der Waals surface area contributed by atoms with Gasteiger partial charge in [0.1, 0.15) is 16.4 Å². The number of hydrogen-bond donors (Lipinski definition) is 2. The number of hydrogen-bond acceptors (Lipinski definition) is 5. The van der Waals surface area contributed by atoms with Crippen LogP contribution in [-0.2, 0) is 16.6 Å². The van der Waals surface area contributed by atoms with E-state index in [2.05, 4.69) is 17.0 Å². The molecule has 0 bridgehead atoms. The summed E-state index contributed by atoms with van der Waals surface area (Å²) in [5, 5.41) is 3.47. The maximum absolute atomic E-state index is 12.5. The van der Waals surface area contributed by atoms with E-state index in [-0.39, 0.29) is 10.1 Å². The largest absolute Gasteiger partial charge is 0.465 e. The molecule has 0 fully saturated rings. The van der Waals surface area contributed by atoms with Crippen LogP contribution >= 0.6 is 11.8 Å². The van der Waals surface area contributed by atoms with Gasteiger partial charge in [0.25, 0.3) is 0 Å². The molecule has 0 aliphatic rings. The molecule has 1 rings (SSSR count). The third-order valence-electron chi connectivity index (χ3n) is 3.29. The zero-order valence-corrected chi connectivity index (χ0v) is 15.1. The van der Waals surface area contributed by atoms with Crippen molar-refractivity contribution >= 4 is 21.8 Å². The van der Waals surface area contributed by atoms with Gasteiger partial charge in [-0.2, -0.15) is 11.8 Å². The van der Waals surface area contributed by atoms with Crippen LogP contribution in [0.25, 0.3) is 0 Å². The van der Waals surface area contributed by atoms with Gasteiger partial charge in [-0.05, 0) is 33.1 Å². The van der Waals surface area contributed by atoms with Gasteiger partial charge in [0, 0.05) is 23.9 Å². The molecule has 1 heterocycles. The summed E-state index contributed by atoms with van der Waals surface area (Å²) in [5.74, 6) is 1.11. The Morgan fingerprint density at radius 1 is 1.29 bits per heavy atom. The molecule has 0 amide bonds. The molecule has 0 aromatic carbocycles. The van der Waals surface area contributed by atoms with Crippen molar-refractivity contribution in [2.75, 3.05) is 19.3 Å². The van der Waals surface area contributed by atoms with Gasteiger partial charge in [0.2, 0.25) is 10.0 Å². The topological polar surface area (TPSA) is 71.3 Å². The van der Waals surface area contributed by atoms with Crippen LogP contribution in [0.3, 0.4) is 0 Å². The predicted molar refractivity (Wildman–Crippen MR) is 88.3 cm³/mol. The van der Waals surface area contributed by atoms with Crippen LogP contribution in [0.4, 0.5) is 0 Å². The van der Waals surface area contributed by atoms with E-state index in [1.54, 1.807) is 25.6 Å². The summed E-state index contributed by atoms with van der Waals surface area (Å²) in [6.45, 7) is 9.33. The van der Waals surface area contributed by atoms with E-state index >= 15 is 0 Å². The zero-order chi connectivity index (χ0) is 16.0. The first-order valence-corrected chi connectivity index (χ1v) is 9.92. The van der Waals surface area contributed by atoms with Crippen molar-refractivity contribution in [1.82, 2.24) is 10.0 Å². The molecule has 0 radical (unpaired) electrons. The van der Waals surface area contributed by atoms with E-state index in [1.165, 1.54) is 0 Å². The molecule has 1 aromatic rings. The summed E-state index contributed by atoms with van der Waals surface area (Å²) in [4.78, 5) is 0.289. The quantitative estimate of drug-likeness (QED) is 0.679. The van der Waals surface area contributed by atoms with Crippen LogP contribution in [-0.4, -0.2) is 33.0 Å². The van der Waals surface area contributed by atoms with Crippen LogP contribution in [0.5, 0.6) is 0 Å². The predicted octanol–water partition coefficient (Wildman–Crippen LogP) is 2.43. The number of nitrogens with one attached hydrogen (secondary N) is 2. The highest BCUT2D eigenvalue weighted by atomic mass is 32.2. The summed E-state index contributed by atoms with van der Waals surface area (Å²) in [6, 6.07) is 0. The molecular weight excluding hydrogens is 308 g/mol. The maximum atomic E-state index is 12.5. The average molecular weight is 335 g/mol. The third kappa shape index (κ3) is 5.02. The van der Waals surface area contributed by atoms with Crippen LogP contribution < -0.4 is 10.0 Å². The van der Waals surface area contributed by atoms with Crippen molar-refractivity contribution in [2.24, 2.45) is 0 Å². The van der Waals surface area contributed by atoms with E-state index in [4.69, 9.17) is 4.42 Å². The van der Waals surface area contributed by atoms with E-state index < -0.39 is 10.0 Å². The minimum Gasteiger partial charge on any atom is -0.465 e. The van der Waals surface area contributed by atoms with Crippen LogP contribution in [0.1, 0.15) is 37.4 Å². The summed E-state index contributed by atoms with van der Waals surface area (Å²) in [6.07, 6.45) is 2.97. The Kier molecular flexibility index (Phi) is 7.26. The van der Waals surface area contributed by atoms with Gasteiger partial charge in [-0.25, -0.2) is 13.1 Å². The molecule has 0 aliphatic heterocycles. The van der Waals surface area contributed by atoms with Crippen LogP contribution in [0, 0.1) is 13.8 Å². The lowest BCUT2D eigenvalue weighted by Crippen LogP contribution is -2.30. The summed E-state index contributed by atoms with van der Waals surface area (Å²) >= 11 is 1.63. The Bertz CT molecular complexity index is 553. The monoisotopic (exact) mass is 334 g/mol. The number of thioether (sulfide) groups is 1. The number of furan rings is 1. The van der Waals surface area contributed by atoms with Gasteiger partial charge in [-0.15, -0.1) is 0 Å². The number of sulfonamides is 1. The highest BCUT2D eigenvalue weighted by Gasteiger charge is 2.26. The number of aryl methyl sites for hydroxylation is 2. The fourth-order valence-electron chi connectivity index (χ4n) is 2.04. The maximum Gasteiger partial charge on any atom is 0.244 e. The molecule has 0 spiro atoms. The molecule has 1 aromatic heterocycles. The molecule has 0 saturated heterocycles. The Labute approximate surface area is 132 Å².